The lowest BCUT2D eigenvalue weighted by molar-refractivity contribution is 0.0694. The minimum atomic E-state index is -1.41. The van der Waals surface area contributed by atoms with Crippen LogP contribution in [0.25, 0.3) is 16.6 Å². The molecule has 1 saturated carbocycles. The molecule has 0 bridgehead atoms. The number of carbonyl (C=O) groups is 1. The van der Waals surface area contributed by atoms with Gasteiger partial charge >= 0.3 is 5.97 Å². The Morgan fingerprint density at radius 1 is 1.27 bits per heavy atom. The third-order valence-corrected chi connectivity index (χ3v) is 6.31. The third kappa shape index (κ3) is 2.69. The van der Waals surface area contributed by atoms with Crippen molar-refractivity contribution in [1.82, 2.24) is 9.72 Å². The van der Waals surface area contributed by atoms with E-state index < -0.39 is 35.0 Å². The number of benzene rings is 1. The molecule has 154 valence electrons. The monoisotopic (exact) mass is 410 g/mol. The van der Waals surface area contributed by atoms with Crippen LogP contribution in [0.4, 0.5) is 8.78 Å². The first-order valence-electron chi connectivity index (χ1n) is 9.90. The first-order chi connectivity index (χ1) is 14.3. The van der Waals surface area contributed by atoms with Gasteiger partial charge in [-0.2, -0.15) is 0 Å². The van der Waals surface area contributed by atoms with Crippen LogP contribution in [0.5, 0.6) is 0 Å². The van der Waals surface area contributed by atoms with Crippen LogP contribution in [-0.2, 0) is 6.54 Å². The van der Waals surface area contributed by atoms with Gasteiger partial charge in [0.05, 0.1) is 5.52 Å². The number of carboxylic acid groups (broad SMARTS) is 1. The number of nitrogens with one attached hydrogen (secondary N) is 1. The lowest BCUT2D eigenvalue weighted by Crippen LogP contribution is -2.24. The number of carboxylic acids is 1. The zero-order valence-corrected chi connectivity index (χ0v) is 16.5. The summed E-state index contributed by atoms with van der Waals surface area (Å²) in [6.07, 6.45) is 0.203. The van der Waals surface area contributed by atoms with Crippen LogP contribution in [0.15, 0.2) is 35.3 Å². The predicted molar refractivity (Wildman–Crippen MR) is 108 cm³/mol. The van der Waals surface area contributed by atoms with Crippen molar-refractivity contribution in [3.63, 3.8) is 0 Å². The van der Waals surface area contributed by atoms with Gasteiger partial charge in [-0.3, -0.25) is 9.20 Å². The highest BCUT2D eigenvalue weighted by Gasteiger charge is 2.41. The number of fused-ring (bicyclic) bond motifs is 2. The number of aromatic nitrogens is 1. The highest BCUT2D eigenvalue weighted by atomic mass is 19.1. The molecule has 1 aromatic carbocycles. The Morgan fingerprint density at radius 3 is 2.67 bits per heavy atom. The smallest absolute Gasteiger partial charge is 0.341 e. The van der Waals surface area contributed by atoms with E-state index in [1.807, 2.05) is 18.2 Å². The molecule has 1 fully saturated rings. The van der Waals surface area contributed by atoms with Crippen molar-refractivity contribution in [2.24, 2.45) is 0 Å². The first kappa shape index (κ1) is 18.9. The molecule has 2 aromatic heterocycles. The minimum absolute atomic E-state index is 0.229. The number of hydrogen-bond donors (Lipinski definition) is 2. The molecule has 3 unspecified atom stereocenters. The molecular weight excluding hydrogens is 390 g/mol. The van der Waals surface area contributed by atoms with E-state index in [1.54, 1.807) is 6.92 Å². The molecule has 0 radical (unpaired) electrons. The Labute approximate surface area is 171 Å². The van der Waals surface area contributed by atoms with Gasteiger partial charge in [0.25, 0.3) is 5.56 Å². The maximum atomic E-state index is 15.2. The number of pyridine rings is 2. The Hall–Kier alpha value is -3.06. The van der Waals surface area contributed by atoms with E-state index in [1.165, 1.54) is 11.6 Å². The van der Waals surface area contributed by atoms with Gasteiger partial charge in [0, 0.05) is 30.3 Å². The molecule has 1 aliphatic carbocycles. The van der Waals surface area contributed by atoms with E-state index >= 15 is 4.39 Å². The summed E-state index contributed by atoms with van der Waals surface area (Å²) in [5.74, 6) is -2.52. The fraction of sp³-hybridized carbons (Fsp3) is 0.304. The summed E-state index contributed by atoms with van der Waals surface area (Å²) >= 11 is 0. The topological polar surface area (TPSA) is 70.8 Å². The number of rotatable bonds is 3. The van der Waals surface area contributed by atoms with Crippen molar-refractivity contribution in [3.05, 3.63) is 74.5 Å². The lowest BCUT2D eigenvalue weighted by Gasteiger charge is -2.17. The molecular formula is C23H20F2N2O3. The highest BCUT2D eigenvalue weighted by molar-refractivity contribution is 5.89. The standard InChI is InChI=1S/C23H20F2N2O3/c1-10-20(12-3-4-14-11(2)26-8-13(14)5-12)19(25)9-27-21(10)16(15-7-18(15)24)6-17(22(27)28)23(29)30/h3-6,9,11,15,18,26H,7-8H2,1-2H3,(H,29,30). The van der Waals surface area contributed by atoms with Crippen LogP contribution >= 0.6 is 0 Å². The Bertz CT molecular complexity index is 1300. The summed E-state index contributed by atoms with van der Waals surface area (Å²) in [7, 11) is 0. The van der Waals surface area contributed by atoms with Crippen molar-refractivity contribution in [2.45, 2.75) is 44.9 Å². The zero-order chi connectivity index (χ0) is 21.3. The van der Waals surface area contributed by atoms with Crippen LogP contribution in [-0.4, -0.2) is 21.6 Å². The SMILES string of the molecule is Cc1c(-c2ccc3c(c2)CNC3C)c(F)cn2c(=O)c(C(=O)O)cc(C3CC3F)c12. The number of alkyl halides is 1. The van der Waals surface area contributed by atoms with Crippen molar-refractivity contribution >= 4 is 11.5 Å². The van der Waals surface area contributed by atoms with Gasteiger partial charge in [0.2, 0.25) is 0 Å². The summed E-state index contributed by atoms with van der Waals surface area (Å²) in [5, 5.41) is 12.7. The molecule has 7 heteroatoms. The van der Waals surface area contributed by atoms with Gasteiger partial charge < -0.3 is 10.4 Å². The first-order valence-corrected chi connectivity index (χ1v) is 9.90. The van der Waals surface area contributed by atoms with Crippen LogP contribution in [0.3, 0.4) is 0 Å². The van der Waals surface area contributed by atoms with Gasteiger partial charge in [-0.05, 0) is 60.2 Å². The van der Waals surface area contributed by atoms with Crippen LogP contribution < -0.4 is 10.9 Å². The molecule has 3 aromatic rings. The van der Waals surface area contributed by atoms with Gasteiger partial charge in [-0.25, -0.2) is 13.6 Å². The Balaban J connectivity index is 1.81. The molecule has 5 nitrogen and oxygen atoms in total. The summed E-state index contributed by atoms with van der Waals surface area (Å²) in [4.78, 5) is 24.2. The molecule has 1 aliphatic heterocycles. The fourth-order valence-electron chi connectivity index (χ4n) is 4.64. The van der Waals surface area contributed by atoms with Gasteiger partial charge in [-0.15, -0.1) is 0 Å². The maximum Gasteiger partial charge on any atom is 0.341 e. The highest BCUT2D eigenvalue weighted by Crippen LogP contribution is 2.46. The number of halogens is 2. The quantitative estimate of drug-likeness (QED) is 0.682. The van der Waals surface area contributed by atoms with Crippen LogP contribution in [0, 0.1) is 12.7 Å². The lowest BCUT2D eigenvalue weighted by atomic mass is 9.93. The second kappa shape index (κ2) is 6.47. The molecule has 2 N–H and O–H groups in total. The largest absolute Gasteiger partial charge is 0.477 e. The molecule has 3 heterocycles. The second-order valence-corrected chi connectivity index (χ2v) is 8.19. The van der Waals surface area contributed by atoms with Crippen molar-refractivity contribution in [3.8, 4) is 11.1 Å². The van der Waals surface area contributed by atoms with E-state index in [4.69, 9.17) is 0 Å². The fourth-order valence-corrected chi connectivity index (χ4v) is 4.64. The molecule has 0 amide bonds. The normalized spacial score (nSPS) is 22.3. The Kier molecular flexibility index (Phi) is 4.08. The average molecular weight is 410 g/mol. The molecule has 0 spiro atoms. The molecule has 30 heavy (non-hydrogen) atoms. The van der Waals surface area contributed by atoms with E-state index in [0.717, 1.165) is 16.2 Å². The van der Waals surface area contributed by atoms with Crippen LogP contribution in [0.2, 0.25) is 0 Å². The number of aromatic carboxylic acids is 1. The molecule has 5 rings (SSSR count). The van der Waals surface area contributed by atoms with E-state index in [-0.39, 0.29) is 12.5 Å². The Morgan fingerprint density at radius 2 is 2.00 bits per heavy atom. The van der Waals surface area contributed by atoms with E-state index in [9.17, 15) is 19.1 Å². The van der Waals surface area contributed by atoms with Crippen molar-refractivity contribution in [2.75, 3.05) is 0 Å². The maximum absolute atomic E-state index is 15.2. The summed E-state index contributed by atoms with van der Waals surface area (Å²) in [6, 6.07) is 7.24. The molecule has 0 saturated heterocycles. The van der Waals surface area contributed by atoms with E-state index in [0.29, 0.717) is 34.3 Å². The molecule has 2 aliphatic rings. The summed E-state index contributed by atoms with van der Waals surface area (Å²) in [5.41, 5.74) is 3.30. The summed E-state index contributed by atoms with van der Waals surface area (Å²) < 4.78 is 30.2. The van der Waals surface area contributed by atoms with Crippen molar-refractivity contribution in [1.29, 1.82) is 0 Å². The predicted octanol–water partition coefficient (Wildman–Crippen LogP) is 4.10. The van der Waals surface area contributed by atoms with Gasteiger partial charge in [-0.1, -0.05) is 12.1 Å². The number of hydrogen-bond acceptors (Lipinski definition) is 3. The van der Waals surface area contributed by atoms with Crippen LogP contribution in [0.1, 0.15) is 57.9 Å². The summed E-state index contributed by atoms with van der Waals surface area (Å²) in [6.45, 7) is 4.45. The van der Waals surface area contributed by atoms with Gasteiger partial charge in [0.1, 0.15) is 17.6 Å². The third-order valence-electron chi connectivity index (χ3n) is 6.31. The zero-order valence-electron chi connectivity index (χ0n) is 16.5. The van der Waals surface area contributed by atoms with Crippen molar-refractivity contribution < 1.29 is 18.7 Å². The van der Waals surface area contributed by atoms with Gasteiger partial charge in [0.15, 0.2) is 0 Å². The minimum Gasteiger partial charge on any atom is -0.477 e. The molecule has 3 atom stereocenters. The number of nitrogens with zero attached hydrogens (tertiary/aromatic N) is 1. The average Bonchev–Trinajstić information content (AvgIpc) is 3.31. The van der Waals surface area contributed by atoms with E-state index in [2.05, 4.69) is 12.2 Å². The number of aryl methyl sites for hydroxylation is 1. The second-order valence-electron chi connectivity index (χ2n) is 8.19.